The van der Waals surface area contributed by atoms with Crippen LogP contribution in [0, 0.1) is 0 Å². The van der Waals surface area contributed by atoms with Crippen molar-refractivity contribution in [1.29, 1.82) is 0 Å². The van der Waals surface area contributed by atoms with E-state index in [1.54, 1.807) is 16.6 Å². The van der Waals surface area contributed by atoms with Gasteiger partial charge < -0.3 is 14.4 Å². The quantitative estimate of drug-likeness (QED) is 0.732. The Bertz CT molecular complexity index is 575. The summed E-state index contributed by atoms with van der Waals surface area (Å²) in [5.74, 6) is -0.385. The van der Waals surface area contributed by atoms with E-state index < -0.39 is 5.97 Å². The molecule has 3 heterocycles. The van der Waals surface area contributed by atoms with Crippen LogP contribution in [0.1, 0.15) is 34.6 Å². The van der Waals surface area contributed by atoms with Crippen molar-refractivity contribution in [2.24, 2.45) is 7.05 Å². The van der Waals surface area contributed by atoms with Gasteiger partial charge in [-0.15, -0.1) is 0 Å². The van der Waals surface area contributed by atoms with Crippen LogP contribution in [0.4, 0.5) is 0 Å². The first-order valence-electron chi connectivity index (χ1n) is 7.15. The zero-order valence-corrected chi connectivity index (χ0v) is 12.3. The Balaban J connectivity index is 1.81. The summed E-state index contributed by atoms with van der Waals surface area (Å²) in [6.07, 6.45) is 2.04. The standard InChI is InChI=1S/C14H19N3O4/c1-16-10-8-17(13(18)11-4-3-7-21-11)6-5-9(10)12(15-16)14(19)20-2/h11H,3-8H2,1-2H3. The lowest BCUT2D eigenvalue weighted by Gasteiger charge is -2.29. The zero-order valence-electron chi connectivity index (χ0n) is 12.3. The molecule has 114 valence electrons. The van der Waals surface area contributed by atoms with E-state index in [2.05, 4.69) is 5.10 Å². The Morgan fingerprint density at radius 1 is 1.43 bits per heavy atom. The second-order valence-corrected chi connectivity index (χ2v) is 5.40. The van der Waals surface area contributed by atoms with Crippen molar-refractivity contribution < 1.29 is 19.1 Å². The molecule has 0 N–H and O–H groups in total. The number of aryl methyl sites for hydroxylation is 1. The summed E-state index contributed by atoms with van der Waals surface area (Å²) in [5.41, 5.74) is 2.15. The minimum Gasteiger partial charge on any atom is -0.464 e. The number of hydrogen-bond acceptors (Lipinski definition) is 5. The summed E-state index contributed by atoms with van der Waals surface area (Å²) in [6, 6.07) is 0. The van der Waals surface area contributed by atoms with Crippen molar-refractivity contribution in [1.82, 2.24) is 14.7 Å². The molecule has 3 rings (SSSR count). The van der Waals surface area contributed by atoms with E-state index >= 15 is 0 Å². The normalized spacial score (nSPS) is 21.2. The minimum absolute atomic E-state index is 0.0407. The highest BCUT2D eigenvalue weighted by Gasteiger charge is 2.33. The predicted molar refractivity (Wildman–Crippen MR) is 72.6 cm³/mol. The molecule has 7 heteroatoms. The van der Waals surface area contributed by atoms with Gasteiger partial charge in [0, 0.05) is 25.8 Å². The molecule has 1 aromatic heterocycles. The first-order valence-corrected chi connectivity index (χ1v) is 7.15. The highest BCUT2D eigenvalue weighted by atomic mass is 16.5. The van der Waals surface area contributed by atoms with Crippen molar-refractivity contribution in [3.05, 3.63) is 17.0 Å². The van der Waals surface area contributed by atoms with Crippen LogP contribution < -0.4 is 0 Å². The highest BCUT2D eigenvalue weighted by Crippen LogP contribution is 2.24. The number of esters is 1. The maximum absolute atomic E-state index is 12.4. The average Bonchev–Trinajstić information content (AvgIpc) is 3.14. The average molecular weight is 293 g/mol. The monoisotopic (exact) mass is 293 g/mol. The molecule has 1 fully saturated rings. The van der Waals surface area contributed by atoms with E-state index in [-0.39, 0.29) is 12.0 Å². The fraction of sp³-hybridized carbons (Fsp3) is 0.643. The first kappa shape index (κ1) is 14.1. The van der Waals surface area contributed by atoms with Gasteiger partial charge >= 0.3 is 5.97 Å². The second-order valence-electron chi connectivity index (χ2n) is 5.40. The van der Waals surface area contributed by atoms with Crippen LogP contribution >= 0.6 is 0 Å². The van der Waals surface area contributed by atoms with Crippen molar-refractivity contribution in [3.63, 3.8) is 0 Å². The molecule has 1 aromatic rings. The van der Waals surface area contributed by atoms with E-state index in [0.717, 1.165) is 24.1 Å². The molecule has 2 aliphatic rings. The third kappa shape index (κ3) is 2.42. The predicted octanol–water partition coefficient (Wildman–Crippen LogP) is 0.270. The van der Waals surface area contributed by atoms with Crippen molar-refractivity contribution >= 4 is 11.9 Å². The number of rotatable bonds is 2. The van der Waals surface area contributed by atoms with E-state index in [4.69, 9.17) is 9.47 Å². The fourth-order valence-electron chi connectivity index (χ4n) is 2.99. The molecule has 1 unspecified atom stereocenters. The van der Waals surface area contributed by atoms with Gasteiger partial charge in [0.1, 0.15) is 6.10 Å². The lowest BCUT2D eigenvalue weighted by atomic mass is 10.0. The van der Waals surface area contributed by atoms with Crippen LogP contribution in [0.25, 0.3) is 0 Å². The van der Waals surface area contributed by atoms with Gasteiger partial charge in [-0.2, -0.15) is 5.10 Å². The zero-order chi connectivity index (χ0) is 15.0. The molecule has 0 radical (unpaired) electrons. The van der Waals surface area contributed by atoms with Gasteiger partial charge in [-0.1, -0.05) is 0 Å². The van der Waals surface area contributed by atoms with Gasteiger partial charge in [0.15, 0.2) is 5.69 Å². The Labute approximate surface area is 122 Å². The second kappa shape index (κ2) is 5.48. The molecule has 1 saturated heterocycles. The van der Waals surface area contributed by atoms with E-state index in [1.807, 2.05) is 0 Å². The Kier molecular flexibility index (Phi) is 3.67. The third-order valence-corrected chi connectivity index (χ3v) is 4.14. The van der Waals surface area contributed by atoms with E-state index in [0.29, 0.717) is 31.8 Å². The number of amides is 1. The topological polar surface area (TPSA) is 73.7 Å². The number of fused-ring (bicyclic) bond motifs is 1. The molecule has 0 bridgehead atoms. The summed E-state index contributed by atoms with van der Waals surface area (Å²) < 4.78 is 11.9. The van der Waals surface area contributed by atoms with Crippen LogP contribution in [0.3, 0.4) is 0 Å². The number of hydrogen-bond donors (Lipinski definition) is 0. The van der Waals surface area contributed by atoms with E-state index in [1.165, 1.54) is 7.11 Å². The van der Waals surface area contributed by atoms with Gasteiger partial charge in [0.05, 0.1) is 19.3 Å². The largest absolute Gasteiger partial charge is 0.464 e. The summed E-state index contributed by atoms with van der Waals surface area (Å²) in [5, 5.41) is 4.23. The van der Waals surface area contributed by atoms with Crippen LogP contribution in [0.15, 0.2) is 0 Å². The van der Waals surface area contributed by atoms with Crippen molar-refractivity contribution in [2.75, 3.05) is 20.3 Å². The molecule has 0 spiro atoms. The molecular weight excluding hydrogens is 274 g/mol. The molecule has 1 atom stereocenters. The lowest BCUT2D eigenvalue weighted by molar-refractivity contribution is -0.142. The number of aromatic nitrogens is 2. The maximum Gasteiger partial charge on any atom is 0.358 e. The molecule has 0 aliphatic carbocycles. The van der Waals surface area contributed by atoms with E-state index in [9.17, 15) is 9.59 Å². The minimum atomic E-state index is -0.425. The third-order valence-electron chi connectivity index (χ3n) is 4.14. The lowest BCUT2D eigenvalue weighted by Crippen LogP contribution is -2.42. The Hall–Kier alpha value is -1.89. The number of ether oxygens (including phenoxy) is 2. The molecular formula is C14H19N3O4. The molecule has 7 nitrogen and oxygen atoms in total. The summed E-state index contributed by atoms with van der Waals surface area (Å²) in [6.45, 7) is 1.71. The SMILES string of the molecule is COC(=O)c1nn(C)c2c1CCN(C(=O)C1CCCO1)C2. The van der Waals surface area contributed by atoms with Crippen molar-refractivity contribution in [3.8, 4) is 0 Å². The van der Waals surface area contributed by atoms with Crippen LogP contribution in [0.5, 0.6) is 0 Å². The smallest absolute Gasteiger partial charge is 0.358 e. The number of methoxy groups -OCH3 is 1. The number of nitrogens with zero attached hydrogens (tertiary/aromatic N) is 3. The summed E-state index contributed by atoms with van der Waals surface area (Å²) in [4.78, 5) is 25.9. The molecule has 2 aliphatic heterocycles. The molecule has 21 heavy (non-hydrogen) atoms. The first-order chi connectivity index (χ1) is 10.1. The summed E-state index contributed by atoms with van der Waals surface area (Å²) >= 11 is 0. The molecule has 0 aromatic carbocycles. The fourth-order valence-corrected chi connectivity index (χ4v) is 2.99. The van der Waals surface area contributed by atoms with Gasteiger partial charge in [0.25, 0.3) is 5.91 Å². The molecule has 0 saturated carbocycles. The maximum atomic E-state index is 12.4. The van der Waals surface area contributed by atoms with Crippen molar-refractivity contribution in [2.45, 2.75) is 31.9 Å². The van der Waals surface area contributed by atoms with Crippen LogP contribution in [-0.4, -0.2) is 52.9 Å². The summed E-state index contributed by atoms with van der Waals surface area (Å²) in [7, 11) is 3.13. The molecule has 1 amide bonds. The van der Waals surface area contributed by atoms with Gasteiger partial charge in [-0.3, -0.25) is 9.48 Å². The van der Waals surface area contributed by atoms with Gasteiger partial charge in [0.2, 0.25) is 0 Å². The Morgan fingerprint density at radius 3 is 2.90 bits per heavy atom. The number of carbonyl (C=O) groups is 2. The Morgan fingerprint density at radius 2 is 2.24 bits per heavy atom. The highest BCUT2D eigenvalue weighted by molar-refractivity contribution is 5.89. The van der Waals surface area contributed by atoms with Crippen LogP contribution in [0.2, 0.25) is 0 Å². The van der Waals surface area contributed by atoms with Gasteiger partial charge in [-0.05, 0) is 19.3 Å². The number of carbonyl (C=O) groups excluding carboxylic acids is 2. The van der Waals surface area contributed by atoms with Crippen LogP contribution in [-0.2, 0) is 34.3 Å². The van der Waals surface area contributed by atoms with Gasteiger partial charge in [-0.25, -0.2) is 4.79 Å².